The number of nitrogens with zero attached hydrogens (tertiary/aromatic N) is 4. The van der Waals surface area contributed by atoms with Crippen LogP contribution in [0, 0.1) is 17.0 Å². The number of thiazole rings is 1. The third-order valence-electron chi connectivity index (χ3n) is 8.39. The Morgan fingerprint density at radius 2 is 1.76 bits per heavy atom. The first-order chi connectivity index (χ1) is 21.3. The molecule has 6 rings (SSSR count). The van der Waals surface area contributed by atoms with E-state index in [1.165, 1.54) is 28.6 Å². The van der Waals surface area contributed by atoms with Gasteiger partial charge >= 0.3 is 6.18 Å². The van der Waals surface area contributed by atoms with Gasteiger partial charge in [0.25, 0.3) is 0 Å². The van der Waals surface area contributed by atoms with Crippen LogP contribution >= 0.6 is 11.3 Å². The predicted octanol–water partition coefficient (Wildman–Crippen LogP) is 6.95. The van der Waals surface area contributed by atoms with Crippen molar-refractivity contribution in [1.82, 2.24) is 19.1 Å². The summed E-state index contributed by atoms with van der Waals surface area (Å²) < 4.78 is 98.9. The molecular weight excluding hydrogens is 638 g/mol. The van der Waals surface area contributed by atoms with Gasteiger partial charge in [-0.2, -0.15) is 18.3 Å². The summed E-state index contributed by atoms with van der Waals surface area (Å²) in [5, 5.41) is 4.13. The summed E-state index contributed by atoms with van der Waals surface area (Å²) in [4.78, 5) is 17.4. The third kappa shape index (κ3) is 5.63. The molecule has 0 spiro atoms. The van der Waals surface area contributed by atoms with E-state index >= 15 is 0 Å². The fraction of sp³-hybridized carbons (Fsp3) is 0.290. The van der Waals surface area contributed by atoms with Gasteiger partial charge in [-0.3, -0.25) is 4.79 Å². The van der Waals surface area contributed by atoms with Gasteiger partial charge in [-0.15, -0.1) is 11.3 Å². The lowest BCUT2D eigenvalue weighted by molar-refractivity contribution is -0.134. The van der Waals surface area contributed by atoms with E-state index in [9.17, 15) is 35.3 Å². The molecule has 14 heteroatoms. The molecule has 1 unspecified atom stereocenters. The van der Waals surface area contributed by atoms with Crippen LogP contribution in [0.15, 0.2) is 71.4 Å². The standard InChI is InChI=1S/C31H26F6N4O2S2/c1-45(43,25-10-5-22(34)6-11-25)40(13-12-32)24-7-2-20-14-26-19(17-39-41(26)23-8-3-21(33)4-9-23)15-30(20,16-24)28(42)29-38-18-27(44-29)31(35,36)37/h3-6,8-11,14,17-18,24H,1-2,7,12-13,15-16H2/t24-,30-,45?/m0/s1. The number of rotatable bonds is 8. The topological polar surface area (TPSA) is 68.1 Å². The molecule has 1 saturated carbocycles. The second kappa shape index (κ2) is 11.6. The number of carbonyl (C=O) groups excluding carboxylic acids is 1. The summed E-state index contributed by atoms with van der Waals surface area (Å²) in [7, 11) is -3.36. The lowest BCUT2D eigenvalue weighted by atomic mass is 9.61. The smallest absolute Gasteiger partial charge is 0.290 e. The third-order valence-corrected chi connectivity index (χ3v) is 11.7. The van der Waals surface area contributed by atoms with Crippen LogP contribution in [0.5, 0.6) is 0 Å². The highest BCUT2D eigenvalue weighted by Gasteiger charge is 2.52. The fourth-order valence-corrected chi connectivity index (χ4v) is 8.95. The Morgan fingerprint density at radius 3 is 2.38 bits per heavy atom. The van der Waals surface area contributed by atoms with Crippen molar-refractivity contribution in [2.24, 2.45) is 5.41 Å². The quantitative estimate of drug-likeness (QED) is 0.116. The molecule has 2 aromatic carbocycles. The molecular formula is C31H26F6N4O2S2. The van der Waals surface area contributed by atoms with Gasteiger partial charge < -0.3 is 0 Å². The van der Waals surface area contributed by atoms with Gasteiger partial charge in [0.1, 0.15) is 23.2 Å². The van der Waals surface area contributed by atoms with E-state index in [0.29, 0.717) is 35.1 Å². The summed E-state index contributed by atoms with van der Waals surface area (Å²) in [6, 6.07) is 9.89. The molecule has 2 aromatic heterocycles. The molecule has 0 N–H and O–H groups in total. The van der Waals surface area contributed by atoms with Crippen LogP contribution in [0.1, 0.15) is 45.2 Å². The second-order valence-corrected chi connectivity index (χ2v) is 14.3. The number of fused-ring (bicyclic) bond motifs is 2. The number of alkyl halides is 4. The van der Waals surface area contributed by atoms with E-state index in [4.69, 9.17) is 0 Å². The number of hydrogen-bond donors (Lipinski definition) is 0. The van der Waals surface area contributed by atoms with Crippen LogP contribution in [0.4, 0.5) is 26.3 Å². The minimum absolute atomic E-state index is 0.00648. The average molecular weight is 665 g/mol. The van der Waals surface area contributed by atoms with E-state index in [2.05, 4.69) is 16.0 Å². The van der Waals surface area contributed by atoms with Crippen molar-refractivity contribution >= 4 is 38.8 Å². The number of allylic oxidation sites excluding steroid dienone is 1. The van der Waals surface area contributed by atoms with E-state index in [1.807, 2.05) is 0 Å². The summed E-state index contributed by atoms with van der Waals surface area (Å²) in [5.41, 5.74) is 1.06. The molecule has 3 atom stereocenters. The minimum atomic E-state index is -4.69. The SMILES string of the molecule is C=S(=O)(c1ccc(F)cc1)N(CCF)[C@H]1CCC2=Cc3c(cnn3-c3ccc(F)cc3)C[C@]2(C(=O)c2ncc(C(F)(F)F)s2)C1. The maximum atomic E-state index is 14.4. The molecule has 0 aliphatic heterocycles. The molecule has 4 aromatic rings. The molecule has 2 aliphatic carbocycles. The number of benzene rings is 2. The first-order valence-electron chi connectivity index (χ1n) is 13.9. The number of carbonyl (C=O) groups is 1. The van der Waals surface area contributed by atoms with Crippen LogP contribution in [-0.4, -0.2) is 54.2 Å². The van der Waals surface area contributed by atoms with Crippen molar-refractivity contribution in [2.75, 3.05) is 13.2 Å². The summed E-state index contributed by atoms with van der Waals surface area (Å²) in [6.45, 7) is -1.18. The molecule has 0 amide bonds. The number of Topliss-reactive ketones (excluding diaryl/α,β-unsaturated/α-hetero) is 1. The van der Waals surface area contributed by atoms with Crippen molar-refractivity contribution in [3.8, 4) is 5.69 Å². The van der Waals surface area contributed by atoms with Crippen LogP contribution in [0.25, 0.3) is 11.8 Å². The highest BCUT2D eigenvalue weighted by molar-refractivity contribution is 7.98. The summed E-state index contributed by atoms with van der Waals surface area (Å²) >= 11 is 0.253. The van der Waals surface area contributed by atoms with Gasteiger partial charge in [0.2, 0.25) is 5.78 Å². The number of hydrogen-bond acceptors (Lipinski definition) is 5. The van der Waals surface area contributed by atoms with E-state index in [1.54, 1.807) is 29.1 Å². The lowest BCUT2D eigenvalue weighted by Gasteiger charge is -2.47. The molecule has 0 radical (unpaired) electrons. The van der Waals surface area contributed by atoms with Crippen LogP contribution in [0.3, 0.4) is 0 Å². The predicted molar refractivity (Wildman–Crippen MR) is 159 cm³/mol. The van der Waals surface area contributed by atoms with Crippen LogP contribution in [-0.2, 0) is 22.3 Å². The largest absolute Gasteiger partial charge is 0.427 e. The Balaban J connectivity index is 1.44. The molecule has 236 valence electrons. The Hall–Kier alpha value is -3.75. The van der Waals surface area contributed by atoms with E-state index in [-0.39, 0.29) is 47.0 Å². The highest BCUT2D eigenvalue weighted by Crippen LogP contribution is 2.52. The number of aromatic nitrogens is 3. The van der Waals surface area contributed by atoms with Crippen molar-refractivity contribution in [3.63, 3.8) is 0 Å². The summed E-state index contributed by atoms with van der Waals surface area (Å²) in [6.07, 6.45) is -0.0875. The number of halogens is 6. The van der Waals surface area contributed by atoms with Gasteiger partial charge in [-0.05, 0) is 91.7 Å². The molecule has 1 fully saturated rings. The maximum absolute atomic E-state index is 14.4. The first-order valence-corrected chi connectivity index (χ1v) is 16.4. The van der Waals surface area contributed by atoms with Gasteiger partial charge in [0, 0.05) is 17.5 Å². The van der Waals surface area contributed by atoms with Gasteiger partial charge in [-0.25, -0.2) is 31.4 Å². The zero-order valence-corrected chi connectivity index (χ0v) is 25.2. The molecule has 0 bridgehead atoms. The zero-order valence-electron chi connectivity index (χ0n) is 23.6. The Kier molecular flexibility index (Phi) is 8.02. The molecule has 45 heavy (non-hydrogen) atoms. The lowest BCUT2D eigenvalue weighted by Crippen LogP contribution is -2.51. The molecule has 2 heterocycles. The van der Waals surface area contributed by atoms with Gasteiger partial charge in [0.05, 0.1) is 38.9 Å². The highest BCUT2D eigenvalue weighted by atomic mass is 32.2. The molecule has 0 saturated heterocycles. The monoisotopic (exact) mass is 664 g/mol. The second-order valence-electron chi connectivity index (χ2n) is 11.0. The normalized spacial score (nSPS) is 21.1. The van der Waals surface area contributed by atoms with Crippen molar-refractivity contribution < 1.29 is 35.3 Å². The van der Waals surface area contributed by atoms with E-state index in [0.717, 1.165) is 12.1 Å². The Morgan fingerprint density at radius 1 is 1.09 bits per heavy atom. The maximum Gasteiger partial charge on any atom is 0.427 e. The van der Waals surface area contributed by atoms with Gasteiger partial charge in [0.15, 0.2) is 5.01 Å². The Bertz CT molecular complexity index is 1880. The van der Waals surface area contributed by atoms with E-state index < -0.39 is 56.3 Å². The molecule has 6 nitrogen and oxygen atoms in total. The zero-order chi connectivity index (χ0) is 32.1. The van der Waals surface area contributed by atoms with Crippen molar-refractivity contribution in [3.05, 3.63) is 99.3 Å². The van der Waals surface area contributed by atoms with Crippen molar-refractivity contribution in [1.29, 1.82) is 0 Å². The first kappa shape index (κ1) is 31.2. The van der Waals surface area contributed by atoms with Gasteiger partial charge in [-0.1, -0.05) is 5.57 Å². The summed E-state index contributed by atoms with van der Waals surface area (Å²) in [5.74, 6) is 2.29. The van der Waals surface area contributed by atoms with Crippen molar-refractivity contribution in [2.45, 2.75) is 42.8 Å². The molecule has 2 aliphatic rings. The van der Waals surface area contributed by atoms with Crippen LogP contribution < -0.4 is 0 Å². The Labute approximate surface area is 259 Å². The van der Waals surface area contributed by atoms with Crippen LogP contribution in [0.2, 0.25) is 0 Å². The fourth-order valence-electron chi connectivity index (χ4n) is 6.27. The average Bonchev–Trinajstić information content (AvgIpc) is 3.66. The minimum Gasteiger partial charge on any atom is -0.290 e. The number of ketones is 1.